The van der Waals surface area contributed by atoms with Gasteiger partial charge in [0.2, 0.25) is 0 Å². The van der Waals surface area contributed by atoms with Gasteiger partial charge in [-0.1, -0.05) is 25.1 Å². The van der Waals surface area contributed by atoms with Crippen LogP contribution in [0.1, 0.15) is 51.8 Å². The van der Waals surface area contributed by atoms with Crippen LogP contribution in [0.3, 0.4) is 0 Å². The molecule has 0 fully saturated rings. The number of esters is 1. The van der Waals surface area contributed by atoms with Crippen LogP contribution < -0.4 is 0 Å². The normalized spacial score (nSPS) is 11.2. The molecule has 2 heterocycles. The van der Waals surface area contributed by atoms with Crippen LogP contribution >= 0.6 is 15.9 Å². The Kier molecular flexibility index (Phi) is 6.37. The van der Waals surface area contributed by atoms with Crippen molar-refractivity contribution in [3.8, 4) is 22.3 Å². The molecule has 170 valence electrons. The van der Waals surface area contributed by atoms with Crippen molar-refractivity contribution in [1.82, 2.24) is 9.55 Å². The van der Waals surface area contributed by atoms with Gasteiger partial charge in [0.1, 0.15) is 5.82 Å². The van der Waals surface area contributed by atoms with Crippen molar-refractivity contribution >= 4 is 27.9 Å². The molecule has 0 unspecified atom stereocenters. The van der Waals surface area contributed by atoms with Gasteiger partial charge in [0.25, 0.3) is 0 Å². The fourth-order valence-corrected chi connectivity index (χ4v) is 5.00. The molecule has 8 heteroatoms. The first-order valence-corrected chi connectivity index (χ1v) is 11.4. The zero-order chi connectivity index (χ0) is 23.7. The summed E-state index contributed by atoms with van der Waals surface area (Å²) in [5, 5.41) is 9.87. The molecule has 0 saturated carbocycles. The number of benzene rings is 1. The second-order valence-corrected chi connectivity index (χ2v) is 8.32. The van der Waals surface area contributed by atoms with E-state index in [1.807, 2.05) is 25.1 Å². The molecule has 1 N–H and O–H groups in total. The van der Waals surface area contributed by atoms with E-state index in [0.29, 0.717) is 29.1 Å². The summed E-state index contributed by atoms with van der Waals surface area (Å²) in [6.07, 6.45) is 3.80. The third-order valence-corrected chi connectivity index (χ3v) is 6.44. The van der Waals surface area contributed by atoms with Crippen LogP contribution in [0.25, 0.3) is 22.3 Å². The number of nitrogens with zero attached hydrogens (tertiary/aromatic N) is 2. The van der Waals surface area contributed by atoms with Crippen molar-refractivity contribution in [3.05, 3.63) is 75.7 Å². The average molecular weight is 511 g/mol. The largest absolute Gasteiger partial charge is 0.477 e. The molecular weight excluding hydrogens is 488 g/mol. The molecule has 4 rings (SSSR count). The minimum Gasteiger partial charge on any atom is -0.477 e. The fourth-order valence-electron chi connectivity index (χ4n) is 4.24. The molecule has 0 radical (unpaired) electrons. The van der Waals surface area contributed by atoms with Crippen molar-refractivity contribution in [2.24, 2.45) is 0 Å². The fraction of sp³-hybridized carbons (Fsp3) is 0.240. The first kappa shape index (κ1) is 22.8. The van der Waals surface area contributed by atoms with Gasteiger partial charge in [-0.25, -0.2) is 14.6 Å². The molecular formula is C25H23BrN2O5. The van der Waals surface area contributed by atoms with Crippen LogP contribution in [0.5, 0.6) is 0 Å². The summed E-state index contributed by atoms with van der Waals surface area (Å²) in [5.74, 6) is -0.765. The Morgan fingerprint density at radius 3 is 2.61 bits per heavy atom. The quantitative estimate of drug-likeness (QED) is 0.315. The first-order valence-electron chi connectivity index (χ1n) is 10.6. The molecule has 0 saturated heterocycles. The summed E-state index contributed by atoms with van der Waals surface area (Å²) in [4.78, 5) is 29.3. The Labute approximate surface area is 199 Å². The van der Waals surface area contributed by atoms with E-state index in [1.54, 1.807) is 43.1 Å². The number of aromatic nitrogens is 2. The van der Waals surface area contributed by atoms with Crippen LogP contribution in [0.4, 0.5) is 0 Å². The summed E-state index contributed by atoms with van der Waals surface area (Å²) < 4.78 is 13.2. The molecule has 1 aliphatic carbocycles. The monoisotopic (exact) mass is 510 g/mol. The third-order valence-electron chi connectivity index (χ3n) is 5.62. The molecule has 1 aromatic heterocycles. The lowest BCUT2D eigenvalue weighted by atomic mass is 9.97. The average Bonchev–Trinajstić information content (AvgIpc) is 3.28. The number of fused-ring (bicyclic) bond motifs is 1. The minimum atomic E-state index is -1.03. The predicted molar refractivity (Wildman–Crippen MR) is 127 cm³/mol. The van der Waals surface area contributed by atoms with E-state index in [0.717, 1.165) is 26.7 Å². The Bertz CT molecular complexity index is 1320. The number of aryl methyl sites for hydroxylation is 2. The van der Waals surface area contributed by atoms with Crippen LogP contribution in [-0.2, 0) is 17.7 Å². The number of aromatic carboxylic acids is 1. The highest BCUT2D eigenvalue weighted by atomic mass is 79.9. The lowest BCUT2D eigenvalue weighted by molar-refractivity contribution is 0.0526. The zero-order valence-electron chi connectivity index (χ0n) is 18.5. The van der Waals surface area contributed by atoms with Crippen molar-refractivity contribution < 1.29 is 23.8 Å². The standard InChI is InChI=1S/C25H23BrN2O5/c1-4-20-27-14(3)23(24(29)30)28(20)12-18-15-10-11-32-13-19(15)22(26)21(18)16-8-6-7-9-17(16)25(31)33-5-2/h6-11,13H,4-5,12H2,1-3H3,(H,29,30). The molecule has 1 aromatic carbocycles. The van der Waals surface area contributed by atoms with E-state index in [2.05, 4.69) is 20.9 Å². The van der Waals surface area contributed by atoms with E-state index < -0.39 is 11.9 Å². The predicted octanol–water partition coefficient (Wildman–Crippen LogP) is 5.80. The number of ether oxygens (including phenoxy) is 1. The van der Waals surface area contributed by atoms with E-state index >= 15 is 0 Å². The van der Waals surface area contributed by atoms with Gasteiger partial charge >= 0.3 is 11.9 Å². The molecule has 7 nitrogen and oxygen atoms in total. The van der Waals surface area contributed by atoms with Crippen LogP contribution in [0.2, 0.25) is 0 Å². The molecule has 33 heavy (non-hydrogen) atoms. The Morgan fingerprint density at radius 2 is 1.91 bits per heavy atom. The third kappa shape index (κ3) is 3.95. The van der Waals surface area contributed by atoms with E-state index in [1.165, 1.54) is 0 Å². The molecule has 0 amide bonds. The highest BCUT2D eigenvalue weighted by molar-refractivity contribution is 9.10. The second-order valence-electron chi connectivity index (χ2n) is 7.52. The summed E-state index contributed by atoms with van der Waals surface area (Å²) in [7, 11) is 0. The number of carbonyl (C=O) groups excluding carboxylic acids is 1. The Morgan fingerprint density at radius 1 is 1.15 bits per heavy atom. The number of carboxylic acid groups (broad SMARTS) is 1. The number of imidazole rings is 1. The highest BCUT2D eigenvalue weighted by Gasteiger charge is 2.28. The van der Waals surface area contributed by atoms with Crippen molar-refractivity contribution in [3.63, 3.8) is 0 Å². The SMILES string of the molecule is CCOC(=O)c1ccccc1-c1c(Br)c2coccc-2c1Cn1c(CC)nc(C)c1C(=O)O. The molecule has 2 aliphatic rings. The van der Waals surface area contributed by atoms with Crippen molar-refractivity contribution in [2.75, 3.05) is 6.61 Å². The molecule has 0 spiro atoms. The van der Waals surface area contributed by atoms with Crippen LogP contribution in [0.15, 0.2) is 51.7 Å². The van der Waals surface area contributed by atoms with Gasteiger partial charge in [0.05, 0.1) is 36.9 Å². The maximum atomic E-state index is 12.7. The van der Waals surface area contributed by atoms with E-state index in [4.69, 9.17) is 9.15 Å². The summed E-state index contributed by atoms with van der Waals surface area (Å²) in [6.45, 7) is 5.94. The smallest absolute Gasteiger partial charge is 0.354 e. The number of carboxylic acids is 1. The number of hydrogen-bond acceptors (Lipinski definition) is 5. The second kappa shape index (κ2) is 9.23. The van der Waals surface area contributed by atoms with Gasteiger partial charge in [0.15, 0.2) is 5.69 Å². The molecule has 1 aliphatic heterocycles. The maximum absolute atomic E-state index is 12.7. The summed E-state index contributed by atoms with van der Waals surface area (Å²) >= 11 is 3.71. The van der Waals surface area contributed by atoms with Crippen LogP contribution in [-0.4, -0.2) is 33.2 Å². The topological polar surface area (TPSA) is 94.6 Å². The summed E-state index contributed by atoms with van der Waals surface area (Å²) in [6, 6.07) is 9.09. The van der Waals surface area contributed by atoms with Crippen molar-refractivity contribution in [2.45, 2.75) is 33.7 Å². The van der Waals surface area contributed by atoms with Gasteiger partial charge < -0.3 is 18.8 Å². The van der Waals surface area contributed by atoms with Crippen LogP contribution in [0, 0.1) is 6.92 Å². The molecule has 2 aromatic rings. The minimum absolute atomic E-state index is 0.155. The maximum Gasteiger partial charge on any atom is 0.354 e. The number of halogens is 1. The van der Waals surface area contributed by atoms with Crippen molar-refractivity contribution in [1.29, 1.82) is 0 Å². The van der Waals surface area contributed by atoms with Gasteiger partial charge in [-0.05, 0) is 58.6 Å². The first-order chi connectivity index (χ1) is 15.9. The number of rotatable bonds is 7. The number of carbonyl (C=O) groups is 2. The zero-order valence-corrected chi connectivity index (χ0v) is 20.1. The van der Waals surface area contributed by atoms with E-state index in [9.17, 15) is 14.7 Å². The van der Waals surface area contributed by atoms with Gasteiger partial charge in [-0.2, -0.15) is 0 Å². The van der Waals surface area contributed by atoms with Gasteiger partial charge in [0, 0.05) is 22.0 Å². The van der Waals surface area contributed by atoms with Gasteiger partial charge in [-0.15, -0.1) is 0 Å². The Hall–Kier alpha value is -3.39. The molecule has 0 atom stereocenters. The lowest BCUT2D eigenvalue weighted by Crippen LogP contribution is -2.14. The summed E-state index contributed by atoms with van der Waals surface area (Å²) in [5.41, 5.74) is 5.13. The highest BCUT2D eigenvalue weighted by Crippen LogP contribution is 2.47. The Balaban J connectivity index is 2.00. The lowest BCUT2D eigenvalue weighted by Gasteiger charge is -2.14. The molecule has 0 bridgehead atoms. The van der Waals surface area contributed by atoms with E-state index in [-0.39, 0.29) is 18.8 Å². The van der Waals surface area contributed by atoms with Gasteiger partial charge in [-0.3, -0.25) is 0 Å². The number of hydrogen-bond donors (Lipinski definition) is 1.